The van der Waals surface area contributed by atoms with Crippen molar-refractivity contribution in [2.24, 2.45) is 11.0 Å². The molecule has 3 rings (SSSR count). The Bertz CT molecular complexity index is 824. The van der Waals surface area contributed by atoms with Crippen LogP contribution in [0.1, 0.15) is 24.0 Å². The minimum Gasteiger partial charge on any atom is -0.207 e. The number of nitrogens with zero attached hydrogens (tertiary/aromatic N) is 1. The maximum Gasteiger partial charge on any atom is 0.276 e. The van der Waals surface area contributed by atoms with Crippen molar-refractivity contribution in [3.8, 4) is 0 Å². The molecule has 1 fully saturated rings. The lowest BCUT2D eigenvalue weighted by molar-refractivity contribution is 0.584. The second-order valence-corrected chi connectivity index (χ2v) is 7.35. The SMILES string of the molecule is Cc1ccc(S(=O)(=O)N/N=C(/c2ccc(F)cc2)C2CC2)cc1. The molecule has 6 heteroatoms. The average Bonchev–Trinajstić information content (AvgIpc) is 3.34. The van der Waals surface area contributed by atoms with E-state index in [4.69, 9.17) is 0 Å². The Morgan fingerprint density at radius 2 is 1.70 bits per heavy atom. The molecule has 120 valence electrons. The lowest BCUT2D eigenvalue weighted by Crippen LogP contribution is -2.21. The van der Waals surface area contributed by atoms with Gasteiger partial charge in [-0.05, 0) is 49.6 Å². The molecule has 0 aliphatic heterocycles. The number of nitrogens with one attached hydrogen (secondary N) is 1. The quantitative estimate of drug-likeness (QED) is 0.675. The number of hydrogen-bond donors (Lipinski definition) is 1. The molecule has 1 aliphatic rings. The van der Waals surface area contributed by atoms with Crippen molar-refractivity contribution in [2.45, 2.75) is 24.7 Å². The van der Waals surface area contributed by atoms with E-state index < -0.39 is 10.0 Å². The summed E-state index contributed by atoms with van der Waals surface area (Å²) >= 11 is 0. The summed E-state index contributed by atoms with van der Waals surface area (Å²) in [6.45, 7) is 1.89. The largest absolute Gasteiger partial charge is 0.276 e. The minimum absolute atomic E-state index is 0.168. The molecular formula is C17H17FN2O2S. The highest BCUT2D eigenvalue weighted by Crippen LogP contribution is 2.33. The molecule has 0 aromatic heterocycles. The molecule has 0 amide bonds. The lowest BCUT2D eigenvalue weighted by Gasteiger charge is -2.08. The van der Waals surface area contributed by atoms with Crippen LogP contribution in [0.25, 0.3) is 0 Å². The van der Waals surface area contributed by atoms with Gasteiger partial charge in [0.2, 0.25) is 0 Å². The van der Waals surface area contributed by atoms with E-state index in [-0.39, 0.29) is 16.6 Å². The molecular weight excluding hydrogens is 315 g/mol. The van der Waals surface area contributed by atoms with Crippen LogP contribution in [-0.4, -0.2) is 14.1 Å². The van der Waals surface area contributed by atoms with Crippen molar-refractivity contribution in [3.05, 3.63) is 65.5 Å². The van der Waals surface area contributed by atoms with Crippen molar-refractivity contribution < 1.29 is 12.8 Å². The van der Waals surface area contributed by atoms with Gasteiger partial charge in [-0.2, -0.15) is 18.4 Å². The predicted octanol–water partition coefficient (Wildman–Crippen LogP) is 3.23. The van der Waals surface area contributed by atoms with Gasteiger partial charge in [-0.15, -0.1) is 0 Å². The van der Waals surface area contributed by atoms with Gasteiger partial charge in [0.05, 0.1) is 10.6 Å². The number of hydrazone groups is 1. The fourth-order valence-corrected chi connectivity index (χ4v) is 3.07. The van der Waals surface area contributed by atoms with E-state index in [2.05, 4.69) is 9.93 Å². The molecule has 1 saturated carbocycles. The number of halogens is 1. The first kappa shape index (κ1) is 15.7. The third kappa shape index (κ3) is 3.76. The monoisotopic (exact) mass is 332 g/mol. The van der Waals surface area contributed by atoms with Crippen LogP contribution in [0.4, 0.5) is 4.39 Å². The van der Waals surface area contributed by atoms with Crippen molar-refractivity contribution in [1.82, 2.24) is 4.83 Å². The first-order chi connectivity index (χ1) is 11.0. The third-order valence-electron chi connectivity index (χ3n) is 3.72. The van der Waals surface area contributed by atoms with E-state index in [0.29, 0.717) is 5.71 Å². The van der Waals surface area contributed by atoms with Gasteiger partial charge < -0.3 is 0 Å². The first-order valence-electron chi connectivity index (χ1n) is 7.38. The highest BCUT2D eigenvalue weighted by molar-refractivity contribution is 7.89. The van der Waals surface area contributed by atoms with Gasteiger partial charge in [0, 0.05) is 5.92 Å². The molecule has 4 nitrogen and oxygen atoms in total. The topological polar surface area (TPSA) is 58.5 Å². The molecule has 0 saturated heterocycles. The van der Waals surface area contributed by atoms with Crippen LogP contribution in [0.15, 0.2) is 58.5 Å². The first-order valence-corrected chi connectivity index (χ1v) is 8.86. The fourth-order valence-electron chi connectivity index (χ4n) is 2.25. The maximum atomic E-state index is 13.0. The molecule has 0 atom stereocenters. The molecule has 2 aromatic rings. The van der Waals surface area contributed by atoms with Crippen LogP contribution in [0.5, 0.6) is 0 Å². The van der Waals surface area contributed by atoms with Crippen molar-refractivity contribution in [2.75, 3.05) is 0 Å². The Labute approximate surface area is 135 Å². The number of rotatable bonds is 5. The molecule has 2 aromatic carbocycles. The zero-order valence-corrected chi connectivity index (χ0v) is 13.5. The lowest BCUT2D eigenvalue weighted by atomic mass is 10.1. The Balaban J connectivity index is 1.86. The summed E-state index contributed by atoms with van der Waals surface area (Å²) in [6, 6.07) is 12.5. The minimum atomic E-state index is -3.71. The molecule has 0 heterocycles. The van der Waals surface area contributed by atoms with Crippen molar-refractivity contribution in [1.29, 1.82) is 0 Å². The summed E-state index contributed by atoms with van der Waals surface area (Å²) in [4.78, 5) is 2.46. The Hall–Kier alpha value is -2.21. The number of benzene rings is 2. The Morgan fingerprint density at radius 1 is 1.09 bits per heavy atom. The van der Waals surface area contributed by atoms with Crippen molar-refractivity contribution >= 4 is 15.7 Å². The van der Waals surface area contributed by atoms with E-state index in [0.717, 1.165) is 24.0 Å². The van der Waals surface area contributed by atoms with Gasteiger partial charge in [-0.1, -0.05) is 29.8 Å². The summed E-state index contributed by atoms with van der Waals surface area (Å²) in [6.07, 6.45) is 1.92. The van der Waals surface area contributed by atoms with Gasteiger partial charge in [0.15, 0.2) is 0 Å². The van der Waals surface area contributed by atoms with Gasteiger partial charge in [-0.25, -0.2) is 4.39 Å². The number of hydrogen-bond acceptors (Lipinski definition) is 3. The van der Waals surface area contributed by atoms with Crippen LogP contribution in [0, 0.1) is 18.7 Å². The smallest absolute Gasteiger partial charge is 0.207 e. The predicted molar refractivity (Wildman–Crippen MR) is 87.2 cm³/mol. The Kier molecular flexibility index (Phi) is 4.17. The van der Waals surface area contributed by atoms with E-state index in [9.17, 15) is 12.8 Å². The zero-order valence-electron chi connectivity index (χ0n) is 12.7. The second-order valence-electron chi connectivity index (χ2n) is 5.69. The number of sulfonamides is 1. The molecule has 23 heavy (non-hydrogen) atoms. The van der Waals surface area contributed by atoms with Crippen LogP contribution >= 0.6 is 0 Å². The Morgan fingerprint density at radius 3 is 2.26 bits per heavy atom. The van der Waals surface area contributed by atoms with Crippen LogP contribution < -0.4 is 4.83 Å². The fraction of sp³-hybridized carbons (Fsp3) is 0.235. The molecule has 1 N–H and O–H groups in total. The highest BCUT2D eigenvalue weighted by Gasteiger charge is 2.29. The second kappa shape index (κ2) is 6.12. The van der Waals surface area contributed by atoms with E-state index >= 15 is 0 Å². The zero-order chi connectivity index (χ0) is 16.4. The summed E-state index contributed by atoms with van der Waals surface area (Å²) in [5, 5.41) is 4.11. The van der Waals surface area contributed by atoms with Gasteiger partial charge in [0.1, 0.15) is 5.82 Å². The van der Waals surface area contributed by atoms with Crippen LogP contribution in [0.2, 0.25) is 0 Å². The highest BCUT2D eigenvalue weighted by atomic mass is 32.2. The van der Waals surface area contributed by atoms with Gasteiger partial charge >= 0.3 is 0 Å². The van der Waals surface area contributed by atoms with Gasteiger partial charge in [-0.3, -0.25) is 0 Å². The molecule has 0 bridgehead atoms. The van der Waals surface area contributed by atoms with Crippen LogP contribution in [0.3, 0.4) is 0 Å². The van der Waals surface area contributed by atoms with E-state index in [1.807, 2.05) is 6.92 Å². The van der Waals surface area contributed by atoms with Crippen molar-refractivity contribution in [3.63, 3.8) is 0 Å². The third-order valence-corrected chi connectivity index (χ3v) is 4.95. The summed E-state index contributed by atoms with van der Waals surface area (Å²) in [5.41, 5.74) is 2.37. The molecule has 1 aliphatic carbocycles. The molecule has 0 spiro atoms. The molecule has 0 radical (unpaired) electrons. The van der Waals surface area contributed by atoms with E-state index in [1.165, 1.54) is 12.1 Å². The van der Waals surface area contributed by atoms with Gasteiger partial charge in [0.25, 0.3) is 10.0 Å². The standard InChI is InChI=1S/C17H17FN2O2S/c1-12-2-10-16(11-3-12)23(21,22)20-19-17(13-4-5-13)14-6-8-15(18)9-7-14/h2-3,6-11,13,20H,4-5H2,1H3/b19-17+. The summed E-state index contributed by atoms with van der Waals surface area (Å²) < 4.78 is 37.6. The normalized spacial score (nSPS) is 15.5. The van der Waals surface area contributed by atoms with E-state index in [1.54, 1.807) is 36.4 Å². The summed E-state index contributed by atoms with van der Waals surface area (Å²) in [7, 11) is -3.71. The van der Waals surface area contributed by atoms with Crippen LogP contribution in [-0.2, 0) is 10.0 Å². The summed E-state index contributed by atoms with van der Waals surface area (Å²) in [5.74, 6) is -0.106. The maximum absolute atomic E-state index is 13.0. The molecule has 0 unspecified atom stereocenters. The number of aryl methyl sites for hydroxylation is 1. The average molecular weight is 332 g/mol.